The number of fused-ring (bicyclic) bond motifs is 1. The summed E-state index contributed by atoms with van der Waals surface area (Å²) in [6.07, 6.45) is 4.15. The van der Waals surface area contributed by atoms with E-state index in [1.165, 1.54) is 21.6 Å². The first-order valence-corrected chi connectivity index (χ1v) is 9.21. The maximum absolute atomic E-state index is 14.8. The van der Waals surface area contributed by atoms with E-state index in [2.05, 4.69) is 4.98 Å². The van der Waals surface area contributed by atoms with Crippen molar-refractivity contribution < 1.29 is 9.18 Å². The summed E-state index contributed by atoms with van der Waals surface area (Å²) in [5.41, 5.74) is 2.86. The number of aromatic nitrogens is 2. The molecule has 0 aliphatic carbocycles. The number of benzene rings is 1. The van der Waals surface area contributed by atoms with Crippen LogP contribution < -0.4 is 10.5 Å². The minimum atomic E-state index is -0.422. The molecule has 7 heteroatoms. The summed E-state index contributed by atoms with van der Waals surface area (Å²) >= 11 is 6.13. The average molecular weight is 398 g/mol. The van der Waals surface area contributed by atoms with Gasteiger partial charge in [0, 0.05) is 43.1 Å². The van der Waals surface area contributed by atoms with Crippen LogP contribution in [0.15, 0.2) is 53.6 Å². The highest BCUT2D eigenvalue weighted by Gasteiger charge is 2.26. The first kappa shape index (κ1) is 18.4. The molecule has 0 spiro atoms. The summed E-state index contributed by atoms with van der Waals surface area (Å²) in [6.45, 7) is 0.213. The Hall–Kier alpha value is -2.99. The Balaban J connectivity index is 1.81. The number of anilines is 1. The Morgan fingerprint density at radius 1 is 1.14 bits per heavy atom. The molecule has 3 heterocycles. The SMILES string of the molecule is CN1C(=O)CCc2ccc(F)c(-c3cncc(Cn4c(Cl)cccc4=O)c3)c21. The van der Waals surface area contributed by atoms with E-state index in [0.29, 0.717) is 40.4 Å². The van der Waals surface area contributed by atoms with Crippen molar-refractivity contribution in [1.82, 2.24) is 9.55 Å². The van der Waals surface area contributed by atoms with Gasteiger partial charge >= 0.3 is 0 Å². The highest BCUT2D eigenvalue weighted by molar-refractivity contribution is 6.29. The first-order chi connectivity index (χ1) is 13.5. The van der Waals surface area contributed by atoms with Crippen molar-refractivity contribution in [1.29, 1.82) is 0 Å². The second kappa shape index (κ2) is 7.20. The molecule has 0 N–H and O–H groups in total. The second-order valence-electron chi connectivity index (χ2n) is 6.74. The number of rotatable bonds is 3. The highest BCUT2D eigenvalue weighted by atomic mass is 35.5. The minimum absolute atomic E-state index is 0.0499. The number of carbonyl (C=O) groups is 1. The van der Waals surface area contributed by atoms with Crippen LogP contribution in [0.2, 0.25) is 5.15 Å². The van der Waals surface area contributed by atoms with Crippen LogP contribution in [0.5, 0.6) is 0 Å². The number of pyridine rings is 2. The minimum Gasteiger partial charge on any atom is -0.314 e. The maximum atomic E-state index is 14.8. The normalized spacial score (nSPS) is 13.5. The van der Waals surface area contributed by atoms with Gasteiger partial charge in [-0.15, -0.1) is 0 Å². The maximum Gasteiger partial charge on any atom is 0.251 e. The Morgan fingerprint density at radius 2 is 1.96 bits per heavy atom. The molecule has 0 fully saturated rings. The molecule has 0 unspecified atom stereocenters. The molecule has 0 bridgehead atoms. The molecule has 3 aromatic rings. The van der Waals surface area contributed by atoms with Crippen LogP contribution in [-0.2, 0) is 17.8 Å². The van der Waals surface area contributed by atoms with Crippen molar-refractivity contribution in [3.05, 3.63) is 81.2 Å². The van der Waals surface area contributed by atoms with E-state index >= 15 is 0 Å². The summed E-state index contributed by atoms with van der Waals surface area (Å²) in [5.74, 6) is -0.472. The van der Waals surface area contributed by atoms with Gasteiger partial charge in [-0.05, 0) is 35.7 Å². The van der Waals surface area contributed by atoms with Crippen molar-refractivity contribution in [2.45, 2.75) is 19.4 Å². The summed E-state index contributed by atoms with van der Waals surface area (Å²) < 4.78 is 16.2. The standard InChI is InChI=1S/C21H17ClFN3O2/c1-25-18(27)8-6-14-5-7-16(23)20(21(14)25)15-9-13(10-24-11-15)12-26-17(22)3-2-4-19(26)28/h2-5,7,9-11H,6,8,12H2,1H3. The molecule has 1 amide bonds. The van der Waals surface area contributed by atoms with Gasteiger partial charge in [0.25, 0.3) is 5.56 Å². The van der Waals surface area contributed by atoms with Gasteiger partial charge in [0.15, 0.2) is 0 Å². The zero-order chi connectivity index (χ0) is 19.8. The van der Waals surface area contributed by atoms with Crippen LogP contribution in [0.4, 0.5) is 10.1 Å². The van der Waals surface area contributed by atoms with Crippen molar-refractivity contribution in [3.8, 4) is 11.1 Å². The number of halogens is 2. The zero-order valence-electron chi connectivity index (χ0n) is 15.2. The van der Waals surface area contributed by atoms with E-state index in [4.69, 9.17) is 11.6 Å². The van der Waals surface area contributed by atoms with Crippen molar-refractivity contribution in [2.75, 3.05) is 11.9 Å². The summed E-state index contributed by atoms with van der Waals surface area (Å²) in [5, 5.41) is 0.312. The Kier molecular flexibility index (Phi) is 4.73. The van der Waals surface area contributed by atoms with Gasteiger partial charge in [-0.25, -0.2) is 4.39 Å². The predicted molar refractivity (Wildman–Crippen MR) is 106 cm³/mol. The van der Waals surface area contributed by atoms with Crippen LogP contribution in [0.3, 0.4) is 0 Å². The molecule has 1 aromatic carbocycles. The molecule has 0 saturated heterocycles. The molecule has 0 saturated carbocycles. The quantitative estimate of drug-likeness (QED) is 0.634. The van der Waals surface area contributed by atoms with Crippen molar-refractivity contribution >= 4 is 23.2 Å². The Morgan fingerprint density at radius 3 is 2.75 bits per heavy atom. The molecule has 0 radical (unpaired) electrons. The van der Waals surface area contributed by atoms with E-state index in [9.17, 15) is 14.0 Å². The molecule has 28 heavy (non-hydrogen) atoms. The van der Waals surface area contributed by atoms with Crippen molar-refractivity contribution in [2.24, 2.45) is 0 Å². The fraction of sp³-hybridized carbons (Fsp3) is 0.190. The number of hydrogen-bond acceptors (Lipinski definition) is 3. The van der Waals surface area contributed by atoms with Gasteiger partial charge in [0.05, 0.1) is 12.2 Å². The fourth-order valence-electron chi connectivity index (χ4n) is 3.54. The molecular formula is C21H17ClFN3O2. The van der Waals surface area contributed by atoms with Gasteiger partial charge in [-0.2, -0.15) is 0 Å². The summed E-state index contributed by atoms with van der Waals surface area (Å²) in [6, 6.07) is 9.56. The van der Waals surface area contributed by atoms with Crippen LogP contribution >= 0.6 is 11.6 Å². The molecule has 4 rings (SSSR count). The fourth-order valence-corrected chi connectivity index (χ4v) is 3.76. The average Bonchev–Trinajstić information content (AvgIpc) is 2.68. The number of carbonyl (C=O) groups excluding carboxylic acids is 1. The lowest BCUT2D eigenvalue weighted by Crippen LogP contribution is -2.31. The predicted octanol–water partition coefficient (Wildman–Crippen LogP) is 3.66. The van der Waals surface area contributed by atoms with E-state index in [-0.39, 0.29) is 18.0 Å². The smallest absolute Gasteiger partial charge is 0.251 e. The first-order valence-electron chi connectivity index (χ1n) is 8.83. The number of aryl methyl sites for hydroxylation is 1. The lowest BCUT2D eigenvalue weighted by atomic mass is 9.93. The lowest BCUT2D eigenvalue weighted by molar-refractivity contribution is -0.118. The number of hydrogen-bond donors (Lipinski definition) is 0. The number of nitrogens with zero attached hydrogens (tertiary/aromatic N) is 3. The van der Waals surface area contributed by atoms with E-state index in [1.54, 1.807) is 43.7 Å². The van der Waals surface area contributed by atoms with Gasteiger partial charge in [-0.3, -0.25) is 19.1 Å². The molecule has 5 nitrogen and oxygen atoms in total. The molecule has 1 aliphatic rings. The van der Waals surface area contributed by atoms with Gasteiger partial charge in [0.1, 0.15) is 11.0 Å². The van der Waals surface area contributed by atoms with Crippen LogP contribution in [0.1, 0.15) is 17.5 Å². The summed E-state index contributed by atoms with van der Waals surface area (Å²) in [7, 11) is 1.66. The monoisotopic (exact) mass is 397 g/mol. The lowest BCUT2D eigenvalue weighted by Gasteiger charge is -2.28. The topological polar surface area (TPSA) is 55.2 Å². The third kappa shape index (κ3) is 3.20. The summed E-state index contributed by atoms with van der Waals surface area (Å²) in [4.78, 5) is 30.0. The Labute approximate surface area is 166 Å². The van der Waals surface area contributed by atoms with E-state index in [0.717, 1.165) is 5.56 Å². The largest absolute Gasteiger partial charge is 0.314 e. The highest BCUT2D eigenvalue weighted by Crippen LogP contribution is 2.39. The van der Waals surface area contributed by atoms with Crippen molar-refractivity contribution in [3.63, 3.8) is 0 Å². The molecular weight excluding hydrogens is 381 g/mol. The Bertz CT molecular complexity index is 1140. The number of amides is 1. The third-order valence-corrected chi connectivity index (χ3v) is 5.28. The molecule has 142 valence electrons. The van der Waals surface area contributed by atoms with Gasteiger partial charge < -0.3 is 4.90 Å². The van der Waals surface area contributed by atoms with E-state index < -0.39 is 5.82 Å². The third-order valence-electron chi connectivity index (χ3n) is 4.95. The molecule has 2 aromatic heterocycles. The van der Waals surface area contributed by atoms with Crippen LogP contribution in [-0.4, -0.2) is 22.5 Å². The van der Waals surface area contributed by atoms with Gasteiger partial charge in [0.2, 0.25) is 5.91 Å². The van der Waals surface area contributed by atoms with Crippen LogP contribution in [0, 0.1) is 5.82 Å². The van der Waals surface area contributed by atoms with Gasteiger partial charge in [-0.1, -0.05) is 23.7 Å². The van der Waals surface area contributed by atoms with Crippen LogP contribution in [0.25, 0.3) is 11.1 Å². The molecule has 0 atom stereocenters. The molecule has 1 aliphatic heterocycles. The second-order valence-corrected chi connectivity index (χ2v) is 7.12. The zero-order valence-corrected chi connectivity index (χ0v) is 15.9. The van der Waals surface area contributed by atoms with E-state index in [1.807, 2.05) is 0 Å².